The number of halogens is 1. The van der Waals surface area contributed by atoms with E-state index in [-0.39, 0.29) is 17.4 Å². The molecular formula is C20H18FN5O2S. The molecule has 3 heterocycles. The fraction of sp³-hybridized carbons (Fsp3) is 0.200. The van der Waals surface area contributed by atoms with Gasteiger partial charge in [-0.2, -0.15) is 0 Å². The Hall–Kier alpha value is -3.20. The zero-order valence-corrected chi connectivity index (χ0v) is 16.9. The molecule has 4 rings (SSSR count). The molecular weight excluding hydrogens is 393 g/mol. The summed E-state index contributed by atoms with van der Waals surface area (Å²) >= 11 is 1.21. The van der Waals surface area contributed by atoms with Crippen molar-refractivity contribution < 1.29 is 13.7 Å². The standard InChI is InChI=1S/C20H18FN5O2S/c1-12-8-15(14(3)26(12)19-9-13(2)28-24-19)18(27)10-29-20-23-22-11-25(20)17-7-5-4-6-16(17)21/h4-9,11H,10H2,1-3H3. The minimum Gasteiger partial charge on any atom is -0.360 e. The van der Waals surface area contributed by atoms with E-state index in [4.69, 9.17) is 4.52 Å². The van der Waals surface area contributed by atoms with Crippen LogP contribution in [0.5, 0.6) is 0 Å². The number of aromatic nitrogens is 5. The second kappa shape index (κ2) is 7.67. The summed E-state index contributed by atoms with van der Waals surface area (Å²) in [7, 11) is 0. The van der Waals surface area contributed by atoms with Crippen molar-refractivity contribution >= 4 is 17.5 Å². The third kappa shape index (κ3) is 3.61. The molecule has 3 aromatic heterocycles. The number of aryl methyl sites for hydroxylation is 2. The zero-order chi connectivity index (χ0) is 20.5. The Balaban J connectivity index is 1.55. The monoisotopic (exact) mass is 411 g/mol. The highest BCUT2D eigenvalue weighted by atomic mass is 32.2. The molecule has 4 aromatic rings. The Kier molecular flexibility index (Phi) is 5.06. The first-order valence-corrected chi connectivity index (χ1v) is 9.88. The van der Waals surface area contributed by atoms with Crippen LogP contribution in [-0.4, -0.2) is 36.0 Å². The second-order valence-corrected chi connectivity index (χ2v) is 7.51. The maximum Gasteiger partial charge on any atom is 0.196 e. The zero-order valence-electron chi connectivity index (χ0n) is 16.1. The lowest BCUT2D eigenvalue weighted by atomic mass is 10.2. The molecule has 0 aliphatic rings. The molecule has 1 aromatic carbocycles. The molecule has 0 saturated carbocycles. The van der Waals surface area contributed by atoms with Gasteiger partial charge in [0.1, 0.15) is 17.9 Å². The quantitative estimate of drug-likeness (QED) is 0.351. The van der Waals surface area contributed by atoms with E-state index in [9.17, 15) is 9.18 Å². The fourth-order valence-electron chi connectivity index (χ4n) is 3.20. The third-order valence-electron chi connectivity index (χ3n) is 4.54. The first-order valence-electron chi connectivity index (χ1n) is 8.89. The van der Waals surface area contributed by atoms with E-state index in [1.165, 1.54) is 28.7 Å². The first-order chi connectivity index (χ1) is 14.0. The lowest BCUT2D eigenvalue weighted by Gasteiger charge is -2.07. The molecule has 0 bridgehead atoms. The van der Waals surface area contributed by atoms with E-state index >= 15 is 0 Å². The maximum absolute atomic E-state index is 14.1. The lowest BCUT2D eigenvalue weighted by Crippen LogP contribution is -2.07. The average molecular weight is 411 g/mol. The van der Waals surface area contributed by atoms with Crippen LogP contribution < -0.4 is 0 Å². The van der Waals surface area contributed by atoms with E-state index in [0.717, 1.165) is 11.4 Å². The Morgan fingerprint density at radius 2 is 2.00 bits per heavy atom. The van der Waals surface area contributed by atoms with E-state index in [2.05, 4.69) is 15.4 Å². The van der Waals surface area contributed by atoms with Gasteiger partial charge in [-0.1, -0.05) is 29.1 Å². The predicted molar refractivity (Wildman–Crippen MR) is 106 cm³/mol. The Bertz CT molecular complexity index is 1190. The van der Waals surface area contributed by atoms with E-state index in [0.29, 0.717) is 28.0 Å². The van der Waals surface area contributed by atoms with E-state index < -0.39 is 0 Å². The van der Waals surface area contributed by atoms with Crippen LogP contribution in [0.3, 0.4) is 0 Å². The molecule has 0 amide bonds. The van der Waals surface area contributed by atoms with Gasteiger partial charge in [-0.05, 0) is 39.0 Å². The van der Waals surface area contributed by atoms with Crippen molar-refractivity contribution in [1.29, 1.82) is 0 Å². The molecule has 0 unspecified atom stereocenters. The molecule has 148 valence electrons. The van der Waals surface area contributed by atoms with Gasteiger partial charge in [0, 0.05) is 23.0 Å². The number of para-hydroxylation sites is 1. The van der Waals surface area contributed by atoms with Gasteiger partial charge in [0.05, 0.1) is 11.4 Å². The van der Waals surface area contributed by atoms with Gasteiger partial charge < -0.3 is 4.52 Å². The number of benzene rings is 1. The van der Waals surface area contributed by atoms with Crippen molar-refractivity contribution in [1.82, 2.24) is 24.5 Å². The summed E-state index contributed by atoms with van der Waals surface area (Å²) in [5.41, 5.74) is 2.62. The summed E-state index contributed by atoms with van der Waals surface area (Å²) in [5.74, 6) is 1.05. The van der Waals surface area contributed by atoms with E-state index in [1.54, 1.807) is 18.2 Å². The van der Waals surface area contributed by atoms with Gasteiger partial charge in [0.25, 0.3) is 0 Å². The molecule has 7 nitrogen and oxygen atoms in total. The number of hydrogen-bond donors (Lipinski definition) is 0. The molecule has 0 saturated heterocycles. The highest BCUT2D eigenvalue weighted by Crippen LogP contribution is 2.25. The predicted octanol–water partition coefficient (Wildman–Crippen LogP) is 4.09. The Morgan fingerprint density at radius 1 is 1.21 bits per heavy atom. The fourth-order valence-corrected chi connectivity index (χ4v) is 4.00. The molecule has 9 heteroatoms. The summed E-state index contributed by atoms with van der Waals surface area (Å²) < 4.78 is 22.7. The molecule has 0 aliphatic carbocycles. The van der Waals surface area contributed by atoms with Crippen LogP contribution in [0.25, 0.3) is 11.5 Å². The van der Waals surface area contributed by atoms with Gasteiger partial charge in [-0.25, -0.2) is 4.39 Å². The largest absolute Gasteiger partial charge is 0.360 e. The van der Waals surface area contributed by atoms with Crippen LogP contribution >= 0.6 is 11.8 Å². The number of hydrogen-bond acceptors (Lipinski definition) is 6. The smallest absolute Gasteiger partial charge is 0.196 e. The second-order valence-electron chi connectivity index (χ2n) is 6.56. The average Bonchev–Trinajstić information content (AvgIpc) is 3.39. The van der Waals surface area contributed by atoms with Crippen LogP contribution in [0.1, 0.15) is 27.5 Å². The van der Waals surface area contributed by atoms with Crippen LogP contribution in [-0.2, 0) is 0 Å². The van der Waals surface area contributed by atoms with Crippen molar-refractivity contribution in [2.24, 2.45) is 0 Å². The minimum absolute atomic E-state index is 0.0577. The number of nitrogens with zero attached hydrogens (tertiary/aromatic N) is 5. The number of ketones is 1. The highest BCUT2D eigenvalue weighted by Gasteiger charge is 2.20. The summed E-state index contributed by atoms with van der Waals surface area (Å²) in [6.45, 7) is 5.60. The Labute approximate surface area is 170 Å². The molecule has 0 aliphatic heterocycles. The number of thioether (sulfide) groups is 1. The minimum atomic E-state index is -0.382. The molecule has 0 spiro atoms. The van der Waals surface area contributed by atoms with Gasteiger partial charge in [-0.3, -0.25) is 13.9 Å². The topological polar surface area (TPSA) is 78.7 Å². The molecule has 0 atom stereocenters. The van der Waals surface area contributed by atoms with Crippen LogP contribution in [0.2, 0.25) is 0 Å². The maximum atomic E-state index is 14.1. The van der Waals surface area contributed by atoms with Crippen LogP contribution in [0, 0.1) is 26.6 Å². The van der Waals surface area contributed by atoms with Crippen molar-refractivity contribution in [3.05, 3.63) is 71.3 Å². The lowest BCUT2D eigenvalue weighted by molar-refractivity contribution is 0.102. The highest BCUT2D eigenvalue weighted by molar-refractivity contribution is 7.99. The first kappa shape index (κ1) is 19.1. The molecule has 0 fully saturated rings. The summed E-state index contributed by atoms with van der Waals surface area (Å²) in [5, 5.41) is 12.4. The molecule has 29 heavy (non-hydrogen) atoms. The van der Waals surface area contributed by atoms with Gasteiger partial charge >= 0.3 is 0 Å². The van der Waals surface area contributed by atoms with Crippen molar-refractivity contribution in [3.8, 4) is 11.5 Å². The number of rotatable bonds is 6. The number of carbonyl (C=O) groups is 1. The van der Waals surface area contributed by atoms with Gasteiger partial charge in [0.2, 0.25) is 0 Å². The van der Waals surface area contributed by atoms with Crippen molar-refractivity contribution in [2.75, 3.05) is 5.75 Å². The van der Waals surface area contributed by atoms with Crippen LogP contribution in [0.15, 0.2) is 52.4 Å². The van der Waals surface area contributed by atoms with Crippen LogP contribution in [0.4, 0.5) is 4.39 Å². The summed E-state index contributed by atoms with van der Waals surface area (Å²) in [4.78, 5) is 12.9. The number of Topliss-reactive ketones (excluding diaryl/α,β-unsaturated/α-hetero) is 1. The van der Waals surface area contributed by atoms with Crippen molar-refractivity contribution in [2.45, 2.75) is 25.9 Å². The summed E-state index contributed by atoms with van der Waals surface area (Å²) in [6.07, 6.45) is 1.43. The number of carbonyl (C=O) groups excluding carboxylic acids is 1. The van der Waals surface area contributed by atoms with E-state index in [1.807, 2.05) is 37.5 Å². The molecule has 0 N–H and O–H groups in total. The molecule has 0 radical (unpaired) electrons. The SMILES string of the molecule is Cc1cc(-n2c(C)cc(C(=O)CSc3nncn3-c3ccccc3F)c2C)no1. The van der Waals surface area contributed by atoms with Gasteiger partial charge in [-0.15, -0.1) is 10.2 Å². The van der Waals surface area contributed by atoms with Crippen molar-refractivity contribution in [3.63, 3.8) is 0 Å². The third-order valence-corrected chi connectivity index (χ3v) is 5.48. The van der Waals surface area contributed by atoms with Gasteiger partial charge in [0.15, 0.2) is 16.8 Å². The summed E-state index contributed by atoms with van der Waals surface area (Å²) in [6, 6.07) is 10.0. The normalized spacial score (nSPS) is 11.2. The Morgan fingerprint density at radius 3 is 2.72 bits per heavy atom.